The number of nitrogens with one attached hydrogen (secondary N) is 1. The van der Waals surface area contributed by atoms with Crippen molar-refractivity contribution in [2.24, 2.45) is 5.92 Å². The molecule has 1 heterocycles. The Hall–Kier alpha value is -0.830. The van der Waals surface area contributed by atoms with Crippen molar-refractivity contribution in [1.82, 2.24) is 15.1 Å². The zero-order valence-corrected chi connectivity index (χ0v) is 12.2. The SMILES string of the molecule is CCNCC(C)c1c(C)nn(CC(C)C)c1C. The number of hydrogen-bond acceptors (Lipinski definition) is 2. The second-order valence-electron chi connectivity index (χ2n) is 5.37. The summed E-state index contributed by atoms with van der Waals surface area (Å²) in [6, 6.07) is 0. The van der Waals surface area contributed by atoms with Crippen molar-refractivity contribution < 1.29 is 0 Å². The Bertz CT molecular complexity index is 353. The van der Waals surface area contributed by atoms with Crippen LogP contribution in [0.25, 0.3) is 0 Å². The van der Waals surface area contributed by atoms with Crippen LogP contribution in [0, 0.1) is 19.8 Å². The molecule has 3 nitrogen and oxygen atoms in total. The van der Waals surface area contributed by atoms with Crippen LogP contribution in [0.1, 0.15) is 50.6 Å². The van der Waals surface area contributed by atoms with Gasteiger partial charge in [0, 0.05) is 18.8 Å². The molecule has 1 atom stereocenters. The summed E-state index contributed by atoms with van der Waals surface area (Å²) in [4.78, 5) is 0. The predicted molar refractivity (Wildman–Crippen MR) is 73.5 cm³/mol. The molecule has 0 spiro atoms. The first kappa shape index (κ1) is 14.2. The Morgan fingerprint density at radius 2 is 1.88 bits per heavy atom. The van der Waals surface area contributed by atoms with E-state index in [-0.39, 0.29) is 0 Å². The molecule has 0 saturated heterocycles. The van der Waals surface area contributed by atoms with Crippen molar-refractivity contribution in [2.45, 2.75) is 54.0 Å². The summed E-state index contributed by atoms with van der Waals surface area (Å²) in [6.45, 7) is 16.3. The standard InChI is InChI=1S/C14H27N3/c1-7-15-8-11(4)14-12(5)16-17(13(14)6)9-10(2)3/h10-11,15H,7-9H2,1-6H3. The van der Waals surface area contributed by atoms with Crippen molar-refractivity contribution in [2.75, 3.05) is 13.1 Å². The first-order valence-electron chi connectivity index (χ1n) is 6.71. The lowest BCUT2D eigenvalue weighted by Gasteiger charge is -2.13. The number of aromatic nitrogens is 2. The average molecular weight is 237 g/mol. The minimum absolute atomic E-state index is 0.538. The van der Waals surface area contributed by atoms with Gasteiger partial charge in [0.15, 0.2) is 0 Å². The van der Waals surface area contributed by atoms with Crippen molar-refractivity contribution in [3.8, 4) is 0 Å². The van der Waals surface area contributed by atoms with Gasteiger partial charge in [0.1, 0.15) is 0 Å². The Kier molecular flexibility index (Phi) is 5.19. The van der Waals surface area contributed by atoms with Gasteiger partial charge in [-0.3, -0.25) is 4.68 Å². The molecule has 0 amide bonds. The lowest BCUT2D eigenvalue weighted by Crippen LogP contribution is -2.20. The third-order valence-electron chi connectivity index (χ3n) is 3.17. The van der Waals surface area contributed by atoms with Crippen molar-refractivity contribution in [1.29, 1.82) is 0 Å². The molecule has 0 saturated carbocycles. The number of aryl methyl sites for hydroxylation is 1. The van der Waals surface area contributed by atoms with Gasteiger partial charge in [0.05, 0.1) is 5.69 Å². The third-order valence-corrected chi connectivity index (χ3v) is 3.17. The highest BCUT2D eigenvalue weighted by Gasteiger charge is 2.17. The molecule has 0 bridgehead atoms. The van der Waals surface area contributed by atoms with E-state index in [1.165, 1.54) is 17.0 Å². The fourth-order valence-electron chi connectivity index (χ4n) is 2.41. The number of likely N-dealkylation sites (N-methyl/N-ethyl adjacent to an activating group) is 1. The van der Waals surface area contributed by atoms with E-state index in [2.05, 4.69) is 56.6 Å². The maximum absolute atomic E-state index is 4.67. The first-order chi connectivity index (χ1) is 7.97. The highest BCUT2D eigenvalue weighted by Crippen LogP contribution is 2.23. The summed E-state index contributed by atoms with van der Waals surface area (Å²) in [7, 11) is 0. The average Bonchev–Trinajstić information content (AvgIpc) is 2.50. The quantitative estimate of drug-likeness (QED) is 0.824. The fourth-order valence-corrected chi connectivity index (χ4v) is 2.41. The summed E-state index contributed by atoms with van der Waals surface area (Å²) in [5, 5.41) is 8.08. The minimum Gasteiger partial charge on any atom is -0.316 e. The monoisotopic (exact) mass is 237 g/mol. The maximum atomic E-state index is 4.67. The van der Waals surface area contributed by atoms with E-state index in [9.17, 15) is 0 Å². The molecule has 1 rings (SSSR count). The maximum Gasteiger partial charge on any atom is 0.0631 e. The van der Waals surface area contributed by atoms with E-state index >= 15 is 0 Å². The highest BCUT2D eigenvalue weighted by atomic mass is 15.3. The summed E-state index contributed by atoms with van der Waals surface area (Å²) in [6.07, 6.45) is 0. The van der Waals surface area contributed by atoms with Gasteiger partial charge in [-0.05, 0) is 37.8 Å². The van der Waals surface area contributed by atoms with Gasteiger partial charge < -0.3 is 5.32 Å². The molecular formula is C14H27N3. The first-order valence-corrected chi connectivity index (χ1v) is 6.71. The highest BCUT2D eigenvalue weighted by molar-refractivity contribution is 5.28. The van der Waals surface area contributed by atoms with Gasteiger partial charge in [0.25, 0.3) is 0 Å². The Morgan fingerprint density at radius 1 is 1.24 bits per heavy atom. The smallest absolute Gasteiger partial charge is 0.0631 e. The van der Waals surface area contributed by atoms with E-state index < -0.39 is 0 Å². The number of rotatable bonds is 6. The molecule has 0 aliphatic heterocycles. The molecule has 0 fully saturated rings. The second kappa shape index (κ2) is 6.20. The Balaban J connectivity index is 2.88. The summed E-state index contributed by atoms with van der Waals surface area (Å²) < 4.78 is 2.16. The van der Waals surface area contributed by atoms with Crippen LogP contribution in [-0.2, 0) is 6.54 Å². The molecule has 3 heteroatoms. The van der Waals surface area contributed by atoms with Gasteiger partial charge in [-0.15, -0.1) is 0 Å². The van der Waals surface area contributed by atoms with Crippen LogP contribution in [0.15, 0.2) is 0 Å². The molecule has 17 heavy (non-hydrogen) atoms. The van der Waals surface area contributed by atoms with E-state index in [1.54, 1.807) is 0 Å². The Morgan fingerprint density at radius 3 is 2.41 bits per heavy atom. The normalized spacial score (nSPS) is 13.4. The molecule has 0 aliphatic rings. The van der Waals surface area contributed by atoms with Crippen molar-refractivity contribution in [3.05, 3.63) is 17.0 Å². The number of hydrogen-bond donors (Lipinski definition) is 1. The summed E-state index contributed by atoms with van der Waals surface area (Å²) in [5.74, 6) is 1.18. The lowest BCUT2D eigenvalue weighted by atomic mass is 9.99. The van der Waals surface area contributed by atoms with E-state index in [4.69, 9.17) is 0 Å². The van der Waals surface area contributed by atoms with Gasteiger partial charge in [0.2, 0.25) is 0 Å². The van der Waals surface area contributed by atoms with Crippen LogP contribution < -0.4 is 5.32 Å². The van der Waals surface area contributed by atoms with Crippen LogP contribution in [0.3, 0.4) is 0 Å². The van der Waals surface area contributed by atoms with Crippen LogP contribution in [0.5, 0.6) is 0 Å². The van der Waals surface area contributed by atoms with Crippen LogP contribution in [-0.4, -0.2) is 22.9 Å². The molecule has 1 unspecified atom stereocenters. The topological polar surface area (TPSA) is 29.9 Å². The van der Waals surface area contributed by atoms with E-state index in [0.717, 1.165) is 19.6 Å². The fraction of sp³-hybridized carbons (Fsp3) is 0.786. The lowest BCUT2D eigenvalue weighted by molar-refractivity contribution is 0.472. The third kappa shape index (κ3) is 3.56. The minimum atomic E-state index is 0.538. The molecule has 0 radical (unpaired) electrons. The predicted octanol–water partition coefficient (Wildman–Crippen LogP) is 2.87. The van der Waals surface area contributed by atoms with Gasteiger partial charge in [-0.1, -0.05) is 27.7 Å². The van der Waals surface area contributed by atoms with E-state index in [0.29, 0.717) is 11.8 Å². The zero-order valence-electron chi connectivity index (χ0n) is 12.2. The molecule has 0 aliphatic carbocycles. The van der Waals surface area contributed by atoms with Crippen molar-refractivity contribution in [3.63, 3.8) is 0 Å². The van der Waals surface area contributed by atoms with Crippen LogP contribution in [0.2, 0.25) is 0 Å². The Labute approximate surface area is 106 Å². The van der Waals surface area contributed by atoms with Gasteiger partial charge in [-0.2, -0.15) is 5.10 Å². The summed E-state index contributed by atoms with van der Waals surface area (Å²) in [5.41, 5.74) is 3.95. The second-order valence-corrected chi connectivity index (χ2v) is 5.37. The summed E-state index contributed by atoms with van der Waals surface area (Å²) >= 11 is 0. The molecule has 98 valence electrons. The van der Waals surface area contributed by atoms with Crippen LogP contribution in [0.4, 0.5) is 0 Å². The molecule has 1 aromatic heterocycles. The molecule has 1 aromatic rings. The molecular weight excluding hydrogens is 210 g/mol. The van der Waals surface area contributed by atoms with Gasteiger partial charge in [-0.25, -0.2) is 0 Å². The van der Waals surface area contributed by atoms with E-state index in [1.807, 2.05) is 0 Å². The molecule has 0 aromatic carbocycles. The van der Waals surface area contributed by atoms with Gasteiger partial charge >= 0.3 is 0 Å². The van der Waals surface area contributed by atoms with Crippen molar-refractivity contribution >= 4 is 0 Å². The number of nitrogens with zero attached hydrogens (tertiary/aromatic N) is 2. The largest absolute Gasteiger partial charge is 0.316 e. The molecule has 1 N–H and O–H groups in total. The van der Waals surface area contributed by atoms with Crippen LogP contribution >= 0.6 is 0 Å². The zero-order chi connectivity index (χ0) is 13.0.